The molecular weight excluding hydrogens is 226 g/mol. The van der Waals surface area contributed by atoms with Gasteiger partial charge in [0.2, 0.25) is 0 Å². The number of rotatable bonds is 0. The third-order valence-corrected chi connectivity index (χ3v) is 4.55. The third kappa shape index (κ3) is 1.69. The Morgan fingerprint density at radius 3 is 1.25 bits per heavy atom. The van der Waals surface area contributed by atoms with Gasteiger partial charge in [-0.2, -0.15) is 26.3 Å². The minimum Gasteiger partial charge on any atom is -0.173 e. The first-order valence-corrected chi connectivity index (χ1v) is 5.37. The Morgan fingerprint density at radius 1 is 1.00 bits per heavy atom. The summed E-state index contributed by atoms with van der Waals surface area (Å²) in [5.74, 6) is -11.1. The summed E-state index contributed by atoms with van der Waals surface area (Å²) < 4.78 is 70.0. The third-order valence-electron chi connectivity index (χ3n) is 0.980. The van der Waals surface area contributed by atoms with Crippen molar-refractivity contribution in [3.05, 3.63) is 0 Å². The van der Waals surface area contributed by atoms with Crippen molar-refractivity contribution in [1.29, 1.82) is 0 Å². The molecule has 0 heterocycles. The number of alkyl halides is 6. The molecule has 0 radical (unpaired) electrons. The highest BCUT2D eigenvalue weighted by molar-refractivity contribution is 7.26. The predicted octanol–water partition coefficient (Wildman–Crippen LogP) is 2.55. The zero-order chi connectivity index (χ0) is 10.2. The Kier molecular flexibility index (Phi) is 2.77. The van der Waals surface area contributed by atoms with Crippen molar-refractivity contribution in [3.8, 4) is 12.0 Å². The van der Waals surface area contributed by atoms with Crippen LogP contribution in [-0.2, 0) is 0 Å². The molecule has 0 aromatic heterocycles. The summed E-state index contributed by atoms with van der Waals surface area (Å²) in [6.45, 7) is 0. The van der Waals surface area contributed by atoms with Crippen LogP contribution in [0, 0.1) is 12.0 Å². The van der Waals surface area contributed by atoms with Crippen LogP contribution in [0.5, 0.6) is 0 Å². The Hall–Kier alpha value is -0.353. The van der Waals surface area contributed by atoms with Gasteiger partial charge in [0.1, 0.15) is 0 Å². The molecule has 0 aromatic carbocycles. The van der Waals surface area contributed by atoms with E-state index < -0.39 is 19.0 Å². The molecule has 0 nitrogen and oxygen atoms in total. The van der Waals surface area contributed by atoms with E-state index in [9.17, 15) is 26.3 Å². The SMILES string of the molecule is C#C[Si](Cl)(C(F)(F)F)C(F)(F)F. The largest absolute Gasteiger partial charge is 0.469 e. The van der Waals surface area contributed by atoms with E-state index in [1.807, 2.05) is 0 Å². The summed E-state index contributed by atoms with van der Waals surface area (Å²) in [7, 11) is -6.13. The van der Waals surface area contributed by atoms with Crippen LogP contribution in [0.4, 0.5) is 26.3 Å². The lowest BCUT2D eigenvalue weighted by Gasteiger charge is -2.23. The highest BCUT2D eigenvalue weighted by Gasteiger charge is 2.73. The van der Waals surface area contributed by atoms with Gasteiger partial charge in [-0.3, -0.25) is 0 Å². The molecule has 0 aliphatic heterocycles. The zero-order valence-electron chi connectivity index (χ0n) is 5.22. The number of halogens is 7. The Balaban J connectivity index is 5.14. The molecule has 8 heteroatoms. The minimum absolute atomic E-state index is 0.613. The molecule has 12 heavy (non-hydrogen) atoms. The molecular formula is C4HClF6Si. The van der Waals surface area contributed by atoms with Gasteiger partial charge in [0, 0.05) is 0 Å². The summed E-state index contributed by atoms with van der Waals surface area (Å²) in [6.07, 6.45) is 4.12. The number of hydrogen-bond donors (Lipinski definition) is 0. The normalized spacial score (nSPS) is 14.2. The van der Waals surface area contributed by atoms with E-state index in [0.29, 0.717) is 5.54 Å². The molecule has 0 fully saturated rings. The molecule has 0 aromatic rings. The highest BCUT2D eigenvalue weighted by atomic mass is 35.6. The second-order valence-corrected chi connectivity index (χ2v) is 6.24. The van der Waals surface area contributed by atoms with Gasteiger partial charge in [0.05, 0.1) is 0 Å². The fourth-order valence-electron chi connectivity index (χ4n) is 0.324. The van der Waals surface area contributed by atoms with E-state index in [-0.39, 0.29) is 0 Å². The van der Waals surface area contributed by atoms with E-state index >= 15 is 0 Å². The molecule has 0 spiro atoms. The van der Waals surface area contributed by atoms with Gasteiger partial charge in [0.25, 0.3) is 0 Å². The fourth-order valence-corrected chi connectivity index (χ4v) is 0.973. The second-order valence-electron chi connectivity index (χ2n) is 1.80. The summed E-state index contributed by atoms with van der Waals surface area (Å²) >= 11 is 4.33. The van der Waals surface area contributed by atoms with Crippen LogP contribution < -0.4 is 0 Å². The van der Waals surface area contributed by atoms with Crippen molar-refractivity contribution >= 4 is 18.5 Å². The van der Waals surface area contributed by atoms with Crippen LogP contribution >= 0.6 is 11.1 Å². The number of hydrogen-bond acceptors (Lipinski definition) is 0. The van der Waals surface area contributed by atoms with Crippen molar-refractivity contribution in [2.45, 2.75) is 11.6 Å². The molecule has 0 amide bonds. The quantitative estimate of drug-likeness (QED) is 0.258. The first-order chi connectivity index (χ1) is 5.06. The van der Waals surface area contributed by atoms with E-state index in [0.717, 1.165) is 0 Å². The van der Waals surface area contributed by atoms with Gasteiger partial charge < -0.3 is 0 Å². The molecule has 0 saturated heterocycles. The molecule has 70 valence electrons. The summed E-state index contributed by atoms with van der Waals surface area (Å²) in [6, 6.07) is 0. The monoisotopic (exact) mass is 226 g/mol. The van der Waals surface area contributed by atoms with Crippen LogP contribution in [0.1, 0.15) is 0 Å². The maximum atomic E-state index is 11.7. The summed E-state index contributed by atoms with van der Waals surface area (Å²) in [5.41, 5.74) is 0.613. The molecule has 0 atom stereocenters. The van der Waals surface area contributed by atoms with Gasteiger partial charge in [-0.05, 0) is 0 Å². The first-order valence-electron chi connectivity index (χ1n) is 2.36. The van der Waals surface area contributed by atoms with Crippen molar-refractivity contribution < 1.29 is 26.3 Å². The lowest BCUT2D eigenvalue weighted by Crippen LogP contribution is -2.57. The van der Waals surface area contributed by atoms with Crippen LogP contribution in [-0.4, -0.2) is 19.0 Å². The van der Waals surface area contributed by atoms with E-state index in [1.54, 1.807) is 0 Å². The molecule has 0 aliphatic rings. The molecule has 0 aliphatic carbocycles. The average molecular weight is 227 g/mol. The molecule has 0 N–H and O–H groups in total. The lowest BCUT2D eigenvalue weighted by molar-refractivity contribution is -0.104. The van der Waals surface area contributed by atoms with Gasteiger partial charge in [-0.25, -0.2) is 0 Å². The van der Waals surface area contributed by atoms with Crippen LogP contribution in [0.3, 0.4) is 0 Å². The van der Waals surface area contributed by atoms with E-state index in [4.69, 9.17) is 0 Å². The van der Waals surface area contributed by atoms with Crippen molar-refractivity contribution in [1.82, 2.24) is 0 Å². The average Bonchev–Trinajstić information content (AvgIpc) is 1.81. The van der Waals surface area contributed by atoms with Gasteiger partial charge >= 0.3 is 19.0 Å². The van der Waals surface area contributed by atoms with Crippen LogP contribution in [0.15, 0.2) is 0 Å². The molecule has 0 bridgehead atoms. The summed E-state index contributed by atoms with van der Waals surface area (Å²) in [5, 5.41) is 0. The van der Waals surface area contributed by atoms with E-state index in [2.05, 4.69) is 17.5 Å². The fraction of sp³-hybridized carbons (Fsp3) is 0.500. The molecule has 0 unspecified atom stereocenters. The lowest BCUT2D eigenvalue weighted by atomic mass is 11.4. The van der Waals surface area contributed by atoms with Gasteiger partial charge in [-0.15, -0.1) is 17.5 Å². The van der Waals surface area contributed by atoms with Crippen molar-refractivity contribution in [2.75, 3.05) is 0 Å². The summed E-state index contributed by atoms with van der Waals surface area (Å²) in [4.78, 5) is 0. The first kappa shape index (κ1) is 11.6. The van der Waals surface area contributed by atoms with E-state index in [1.165, 1.54) is 0 Å². The topological polar surface area (TPSA) is 0 Å². The smallest absolute Gasteiger partial charge is 0.173 e. The van der Waals surface area contributed by atoms with Crippen molar-refractivity contribution in [3.63, 3.8) is 0 Å². The van der Waals surface area contributed by atoms with Crippen LogP contribution in [0.25, 0.3) is 0 Å². The zero-order valence-corrected chi connectivity index (χ0v) is 6.98. The van der Waals surface area contributed by atoms with Gasteiger partial charge in [-0.1, -0.05) is 5.54 Å². The Bertz CT molecular complexity index is 195. The molecule has 0 rings (SSSR count). The standard InChI is InChI=1S/C4HClF6Si/c1-2-12(5,3(6,7)8)4(9,10)11/h1H. The van der Waals surface area contributed by atoms with Crippen LogP contribution in [0.2, 0.25) is 0 Å². The maximum absolute atomic E-state index is 11.7. The maximum Gasteiger partial charge on any atom is 0.469 e. The minimum atomic E-state index is -6.13. The van der Waals surface area contributed by atoms with Crippen molar-refractivity contribution in [2.24, 2.45) is 0 Å². The molecule has 0 saturated carbocycles. The number of terminal acetylenes is 1. The predicted molar refractivity (Wildman–Crippen MR) is 32.5 cm³/mol. The van der Waals surface area contributed by atoms with Gasteiger partial charge in [0.15, 0.2) is 0 Å². The highest BCUT2D eigenvalue weighted by Crippen LogP contribution is 2.43. The second kappa shape index (κ2) is 2.85. The Morgan fingerprint density at radius 2 is 1.25 bits per heavy atom. The Labute approximate surface area is 69.2 Å².